The van der Waals surface area contributed by atoms with Gasteiger partial charge in [0, 0.05) is 17.3 Å². The zero-order valence-corrected chi connectivity index (χ0v) is 12.3. The van der Waals surface area contributed by atoms with Crippen molar-refractivity contribution < 1.29 is 5.11 Å². The maximum Gasteiger partial charge on any atom is 0.0781 e. The number of hydrogen-bond acceptors (Lipinski definition) is 2. The second-order valence-electron chi connectivity index (χ2n) is 7.36. The van der Waals surface area contributed by atoms with Crippen LogP contribution in [-0.4, -0.2) is 11.1 Å². The summed E-state index contributed by atoms with van der Waals surface area (Å²) in [5, 5.41) is 13.8. The summed E-state index contributed by atoms with van der Waals surface area (Å²) in [4.78, 5) is 0. The monoisotopic (exact) mass is 271 g/mol. The van der Waals surface area contributed by atoms with Crippen molar-refractivity contribution in [3.8, 4) is 0 Å². The summed E-state index contributed by atoms with van der Waals surface area (Å²) in [5.41, 5.74) is 2.20. The Hall–Kier alpha value is -1.02. The van der Waals surface area contributed by atoms with Crippen LogP contribution in [0.4, 0.5) is 5.69 Å². The van der Waals surface area contributed by atoms with E-state index in [-0.39, 0.29) is 0 Å². The molecule has 1 atom stereocenters. The molecule has 1 aromatic carbocycles. The second kappa shape index (κ2) is 4.77. The topological polar surface area (TPSA) is 32.3 Å². The molecule has 0 aromatic heterocycles. The zero-order chi connectivity index (χ0) is 13.7. The molecule has 0 spiro atoms. The van der Waals surface area contributed by atoms with E-state index < -0.39 is 6.10 Å². The fourth-order valence-electron chi connectivity index (χ4n) is 5.33. The van der Waals surface area contributed by atoms with Crippen LogP contribution in [0.2, 0.25) is 0 Å². The highest BCUT2D eigenvalue weighted by Crippen LogP contribution is 2.54. The van der Waals surface area contributed by atoms with E-state index in [0.29, 0.717) is 6.04 Å². The molecule has 0 heterocycles. The van der Waals surface area contributed by atoms with Gasteiger partial charge in [0.1, 0.15) is 0 Å². The second-order valence-corrected chi connectivity index (χ2v) is 7.36. The Bertz CT molecular complexity index is 468. The summed E-state index contributed by atoms with van der Waals surface area (Å²) in [6.45, 7) is 1.86. The van der Waals surface area contributed by atoms with E-state index in [2.05, 4.69) is 17.4 Å². The Balaban J connectivity index is 1.58. The summed E-state index contributed by atoms with van der Waals surface area (Å²) in [5.74, 6) is 3.77. The lowest BCUT2D eigenvalue weighted by molar-refractivity contribution is 0.00745. The standard InChI is InChI=1S/C18H25NO/c1-11(20)16-4-2-3-5-17(16)19-18-14-7-12-6-13(9-14)10-15(18)8-12/h2-5,11-15,18-20H,6-10H2,1H3. The normalized spacial score (nSPS) is 39.8. The summed E-state index contributed by atoms with van der Waals surface area (Å²) >= 11 is 0. The minimum atomic E-state index is -0.393. The Labute approximate surface area is 121 Å². The molecule has 1 aromatic rings. The van der Waals surface area contributed by atoms with Crippen LogP contribution < -0.4 is 5.32 Å². The lowest BCUT2D eigenvalue weighted by atomic mass is 9.54. The first-order valence-corrected chi connectivity index (χ1v) is 8.24. The van der Waals surface area contributed by atoms with Gasteiger partial charge in [-0.15, -0.1) is 0 Å². The third-order valence-electron chi connectivity index (χ3n) is 5.96. The molecule has 20 heavy (non-hydrogen) atoms. The van der Waals surface area contributed by atoms with Crippen LogP contribution in [0.3, 0.4) is 0 Å². The van der Waals surface area contributed by atoms with Crippen molar-refractivity contribution in [3.63, 3.8) is 0 Å². The van der Waals surface area contributed by atoms with Crippen molar-refractivity contribution in [2.75, 3.05) is 5.32 Å². The Morgan fingerprint density at radius 2 is 1.60 bits per heavy atom. The molecule has 4 bridgehead atoms. The number of para-hydroxylation sites is 1. The van der Waals surface area contributed by atoms with E-state index in [1.807, 2.05) is 19.1 Å². The van der Waals surface area contributed by atoms with E-state index >= 15 is 0 Å². The molecular weight excluding hydrogens is 246 g/mol. The molecule has 4 saturated carbocycles. The third kappa shape index (κ3) is 2.05. The molecule has 108 valence electrons. The van der Waals surface area contributed by atoms with Crippen molar-refractivity contribution in [1.82, 2.24) is 0 Å². The summed E-state index contributed by atoms with van der Waals surface area (Å²) in [6, 6.07) is 8.91. The largest absolute Gasteiger partial charge is 0.389 e. The number of benzene rings is 1. The maximum absolute atomic E-state index is 9.95. The van der Waals surface area contributed by atoms with Crippen molar-refractivity contribution in [2.45, 2.75) is 51.2 Å². The number of hydrogen-bond donors (Lipinski definition) is 2. The number of aliphatic hydroxyl groups is 1. The number of aliphatic hydroxyl groups excluding tert-OH is 1. The first-order valence-electron chi connectivity index (χ1n) is 8.24. The van der Waals surface area contributed by atoms with Gasteiger partial charge in [-0.25, -0.2) is 0 Å². The Morgan fingerprint density at radius 3 is 2.20 bits per heavy atom. The van der Waals surface area contributed by atoms with Gasteiger partial charge >= 0.3 is 0 Å². The molecular formula is C18H25NO. The van der Waals surface area contributed by atoms with E-state index in [9.17, 15) is 5.11 Å². The molecule has 5 rings (SSSR count). The van der Waals surface area contributed by atoms with Gasteiger partial charge in [-0.3, -0.25) is 0 Å². The molecule has 4 fully saturated rings. The summed E-state index contributed by atoms with van der Waals surface area (Å²) < 4.78 is 0. The Morgan fingerprint density at radius 1 is 1.00 bits per heavy atom. The van der Waals surface area contributed by atoms with Gasteiger partial charge in [-0.1, -0.05) is 18.2 Å². The van der Waals surface area contributed by atoms with Gasteiger partial charge in [0.2, 0.25) is 0 Å². The average Bonchev–Trinajstić information content (AvgIpc) is 2.42. The number of rotatable bonds is 3. The molecule has 0 amide bonds. The smallest absolute Gasteiger partial charge is 0.0781 e. The van der Waals surface area contributed by atoms with Crippen LogP contribution >= 0.6 is 0 Å². The van der Waals surface area contributed by atoms with E-state index in [4.69, 9.17) is 0 Å². The first-order chi connectivity index (χ1) is 9.70. The van der Waals surface area contributed by atoms with Crippen LogP contribution in [0.15, 0.2) is 24.3 Å². The zero-order valence-electron chi connectivity index (χ0n) is 12.3. The van der Waals surface area contributed by atoms with Crippen molar-refractivity contribution in [3.05, 3.63) is 29.8 Å². The van der Waals surface area contributed by atoms with Crippen LogP contribution in [0.25, 0.3) is 0 Å². The molecule has 4 aliphatic carbocycles. The fourth-order valence-corrected chi connectivity index (χ4v) is 5.33. The lowest BCUT2D eigenvalue weighted by Gasteiger charge is -2.54. The highest BCUT2D eigenvalue weighted by molar-refractivity contribution is 5.53. The average molecular weight is 271 g/mol. The van der Waals surface area contributed by atoms with Gasteiger partial charge in [-0.05, 0) is 68.8 Å². The minimum Gasteiger partial charge on any atom is -0.389 e. The molecule has 0 aliphatic heterocycles. The van der Waals surface area contributed by atoms with Gasteiger partial charge < -0.3 is 10.4 Å². The number of anilines is 1. The van der Waals surface area contributed by atoms with Crippen molar-refractivity contribution in [1.29, 1.82) is 0 Å². The molecule has 2 nitrogen and oxygen atoms in total. The third-order valence-corrected chi connectivity index (χ3v) is 5.96. The lowest BCUT2D eigenvalue weighted by Crippen LogP contribution is -2.51. The summed E-state index contributed by atoms with van der Waals surface area (Å²) in [6.07, 6.45) is 6.84. The molecule has 0 radical (unpaired) electrons. The first kappa shape index (κ1) is 12.7. The SMILES string of the molecule is CC(O)c1ccccc1NC1C2CC3CC(C2)CC1C3. The van der Waals surface area contributed by atoms with Gasteiger partial charge in [0.25, 0.3) is 0 Å². The predicted molar refractivity (Wildman–Crippen MR) is 81.5 cm³/mol. The molecule has 2 N–H and O–H groups in total. The van der Waals surface area contributed by atoms with Crippen LogP contribution in [0, 0.1) is 23.7 Å². The quantitative estimate of drug-likeness (QED) is 0.871. The molecule has 0 saturated heterocycles. The van der Waals surface area contributed by atoms with E-state index in [1.165, 1.54) is 32.1 Å². The van der Waals surface area contributed by atoms with Gasteiger partial charge in [0.05, 0.1) is 6.10 Å². The van der Waals surface area contributed by atoms with Crippen LogP contribution in [0.5, 0.6) is 0 Å². The van der Waals surface area contributed by atoms with Crippen LogP contribution in [-0.2, 0) is 0 Å². The minimum absolute atomic E-state index is 0.393. The van der Waals surface area contributed by atoms with Crippen LogP contribution in [0.1, 0.15) is 50.7 Å². The maximum atomic E-state index is 9.95. The predicted octanol–water partition coefficient (Wildman–Crippen LogP) is 3.98. The van der Waals surface area contributed by atoms with E-state index in [0.717, 1.165) is 34.9 Å². The highest BCUT2D eigenvalue weighted by atomic mass is 16.3. The molecule has 2 heteroatoms. The summed E-state index contributed by atoms with van der Waals surface area (Å²) in [7, 11) is 0. The fraction of sp³-hybridized carbons (Fsp3) is 0.667. The molecule has 1 unspecified atom stereocenters. The van der Waals surface area contributed by atoms with Crippen molar-refractivity contribution in [2.24, 2.45) is 23.7 Å². The molecule has 4 aliphatic rings. The number of nitrogens with one attached hydrogen (secondary N) is 1. The van der Waals surface area contributed by atoms with Crippen molar-refractivity contribution >= 4 is 5.69 Å². The Kier molecular flexibility index (Phi) is 3.03. The van der Waals surface area contributed by atoms with Gasteiger partial charge in [-0.2, -0.15) is 0 Å². The highest BCUT2D eigenvalue weighted by Gasteiger charge is 2.48. The van der Waals surface area contributed by atoms with E-state index in [1.54, 1.807) is 0 Å². The van der Waals surface area contributed by atoms with Gasteiger partial charge in [0.15, 0.2) is 0 Å².